The Kier molecular flexibility index (Phi) is 1.79. The maximum Gasteiger partial charge on any atom is 0.165 e. The fraction of sp³-hybridized carbons (Fsp3) is 0.300. The predicted molar refractivity (Wildman–Crippen MR) is 45.1 cm³/mol. The Morgan fingerprint density at radius 2 is 2.08 bits per heavy atom. The third kappa shape index (κ3) is 1.30. The molecule has 2 nitrogen and oxygen atoms in total. The van der Waals surface area contributed by atoms with Crippen LogP contribution in [0.1, 0.15) is 17.5 Å². The van der Waals surface area contributed by atoms with Crippen molar-refractivity contribution >= 4 is 5.78 Å². The number of ketones is 1. The molecular weight excluding hydrogens is 171 g/mol. The van der Waals surface area contributed by atoms with Crippen LogP contribution in [0.5, 0.6) is 5.75 Å². The number of carbonyl (C=O) groups is 1. The van der Waals surface area contributed by atoms with Gasteiger partial charge in [0.15, 0.2) is 11.6 Å². The summed E-state index contributed by atoms with van der Waals surface area (Å²) in [5.74, 6) is -0.739. The summed E-state index contributed by atoms with van der Waals surface area (Å²) < 4.78 is 12.9. The molecule has 0 bridgehead atoms. The summed E-state index contributed by atoms with van der Waals surface area (Å²) in [7, 11) is 0. The highest BCUT2D eigenvalue weighted by Crippen LogP contribution is 2.29. The third-order valence-electron chi connectivity index (χ3n) is 2.37. The molecule has 1 aliphatic rings. The van der Waals surface area contributed by atoms with Crippen LogP contribution in [0, 0.1) is 5.82 Å². The molecule has 0 fully saturated rings. The van der Waals surface area contributed by atoms with Gasteiger partial charge in [-0.3, -0.25) is 4.79 Å². The zero-order valence-electron chi connectivity index (χ0n) is 7.01. The van der Waals surface area contributed by atoms with Gasteiger partial charge in [-0.25, -0.2) is 4.39 Å². The van der Waals surface area contributed by atoms with Crippen LogP contribution in [0.25, 0.3) is 0 Å². The first-order valence-electron chi connectivity index (χ1n) is 4.19. The van der Waals surface area contributed by atoms with E-state index >= 15 is 0 Å². The first-order valence-corrected chi connectivity index (χ1v) is 4.19. The van der Waals surface area contributed by atoms with E-state index in [1.54, 1.807) is 6.07 Å². The standard InChI is InChI=1S/C10H9FO2/c11-9-4-1-6-5-7(12)2-3-8(6)10(9)13/h1,4,13H,2-3,5H2. The molecule has 1 N–H and O–H groups in total. The van der Waals surface area contributed by atoms with Crippen molar-refractivity contribution in [2.24, 2.45) is 0 Å². The van der Waals surface area contributed by atoms with Gasteiger partial charge < -0.3 is 5.11 Å². The van der Waals surface area contributed by atoms with E-state index in [-0.39, 0.29) is 11.5 Å². The molecule has 0 heterocycles. The number of fused-ring (bicyclic) bond motifs is 1. The number of phenols is 1. The molecule has 68 valence electrons. The molecule has 1 aromatic rings. The molecule has 1 aliphatic carbocycles. The molecule has 0 atom stereocenters. The van der Waals surface area contributed by atoms with E-state index in [0.29, 0.717) is 24.8 Å². The van der Waals surface area contributed by atoms with Crippen molar-refractivity contribution in [2.45, 2.75) is 19.3 Å². The average Bonchev–Trinajstić information content (AvgIpc) is 2.12. The van der Waals surface area contributed by atoms with E-state index in [4.69, 9.17) is 0 Å². The van der Waals surface area contributed by atoms with Gasteiger partial charge in [0.2, 0.25) is 0 Å². The molecule has 0 unspecified atom stereocenters. The summed E-state index contributed by atoms with van der Waals surface area (Å²) in [6, 6.07) is 2.77. The van der Waals surface area contributed by atoms with Gasteiger partial charge in [0, 0.05) is 18.4 Å². The minimum atomic E-state index is -0.604. The van der Waals surface area contributed by atoms with Crippen LogP contribution in [-0.4, -0.2) is 10.9 Å². The van der Waals surface area contributed by atoms with Gasteiger partial charge in [-0.1, -0.05) is 6.07 Å². The Balaban J connectivity index is 2.53. The van der Waals surface area contributed by atoms with Gasteiger partial charge >= 0.3 is 0 Å². The van der Waals surface area contributed by atoms with Crippen LogP contribution >= 0.6 is 0 Å². The fourth-order valence-electron chi connectivity index (χ4n) is 1.66. The third-order valence-corrected chi connectivity index (χ3v) is 2.37. The predicted octanol–water partition coefficient (Wildman–Crippen LogP) is 1.59. The first-order chi connectivity index (χ1) is 6.18. The fourth-order valence-corrected chi connectivity index (χ4v) is 1.66. The number of hydrogen-bond donors (Lipinski definition) is 1. The zero-order chi connectivity index (χ0) is 9.42. The van der Waals surface area contributed by atoms with Crippen molar-refractivity contribution in [3.63, 3.8) is 0 Å². The van der Waals surface area contributed by atoms with Gasteiger partial charge in [0.1, 0.15) is 5.78 Å². The second-order valence-electron chi connectivity index (χ2n) is 3.25. The summed E-state index contributed by atoms with van der Waals surface area (Å²) in [5.41, 5.74) is 1.36. The quantitative estimate of drug-likeness (QED) is 0.658. The van der Waals surface area contributed by atoms with Crippen molar-refractivity contribution in [2.75, 3.05) is 0 Å². The number of Topliss-reactive ketones (excluding diaryl/α,β-unsaturated/α-hetero) is 1. The molecule has 0 aromatic heterocycles. The summed E-state index contributed by atoms with van der Waals surface area (Å²) in [6.45, 7) is 0. The Morgan fingerprint density at radius 3 is 2.85 bits per heavy atom. The van der Waals surface area contributed by atoms with E-state index in [1.807, 2.05) is 0 Å². The Bertz CT molecular complexity index is 371. The first kappa shape index (κ1) is 8.23. The number of carbonyl (C=O) groups excluding carboxylic acids is 1. The van der Waals surface area contributed by atoms with E-state index in [0.717, 1.165) is 5.56 Å². The van der Waals surface area contributed by atoms with Gasteiger partial charge in [0.25, 0.3) is 0 Å². The summed E-state index contributed by atoms with van der Waals surface area (Å²) >= 11 is 0. The van der Waals surface area contributed by atoms with Crippen molar-refractivity contribution in [1.29, 1.82) is 0 Å². The maximum absolute atomic E-state index is 12.9. The van der Waals surface area contributed by atoms with Crippen molar-refractivity contribution in [1.82, 2.24) is 0 Å². The number of aromatic hydroxyl groups is 1. The number of halogens is 1. The van der Waals surface area contributed by atoms with Crippen LogP contribution < -0.4 is 0 Å². The van der Waals surface area contributed by atoms with Crippen LogP contribution in [0.2, 0.25) is 0 Å². The smallest absolute Gasteiger partial charge is 0.165 e. The minimum absolute atomic E-state index is 0.151. The van der Waals surface area contributed by atoms with Crippen LogP contribution in [0.3, 0.4) is 0 Å². The van der Waals surface area contributed by atoms with E-state index in [9.17, 15) is 14.3 Å². The lowest BCUT2D eigenvalue weighted by Gasteiger charge is -2.15. The summed E-state index contributed by atoms with van der Waals surface area (Å²) in [5, 5.41) is 9.34. The second kappa shape index (κ2) is 2.83. The number of hydrogen-bond acceptors (Lipinski definition) is 2. The highest BCUT2D eigenvalue weighted by molar-refractivity contribution is 5.83. The second-order valence-corrected chi connectivity index (χ2v) is 3.25. The minimum Gasteiger partial charge on any atom is -0.505 e. The number of rotatable bonds is 0. The van der Waals surface area contributed by atoms with Gasteiger partial charge in [-0.15, -0.1) is 0 Å². The van der Waals surface area contributed by atoms with Crippen molar-refractivity contribution in [3.8, 4) is 5.75 Å². The molecule has 0 aliphatic heterocycles. The van der Waals surface area contributed by atoms with Crippen molar-refractivity contribution < 1.29 is 14.3 Å². The van der Waals surface area contributed by atoms with Gasteiger partial charge in [-0.05, 0) is 18.1 Å². The molecule has 0 amide bonds. The van der Waals surface area contributed by atoms with Crippen LogP contribution in [-0.2, 0) is 17.6 Å². The van der Waals surface area contributed by atoms with E-state index in [1.165, 1.54) is 6.07 Å². The molecule has 2 rings (SSSR count). The molecule has 0 saturated heterocycles. The molecule has 0 saturated carbocycles. The van der Waals surface area contributed by atoms with Crippen LogP contribution in [0.4, 0.5) is 4.39 Å². The molecular formula is C10H9FO2. The van der Waals surface area contributed by atoms with Crippen LogP contribution in [0.15, 0.2) is 12.1 Å². The Labute approximate surface area is 75.0 Å². The largest absolute Gasteiger partial charge is 0.505 e. The SMILES string of the molecule is O=C1CCc2c(ccc(F)c2O)C1. The van der Waals surface area contributed by atoms with Gasteiger partial charge in [-0.2, -0.15) is 0 Å². The maximum atomic E-state index is 12.9. The Hall–Kier alpha value is -1.38. The molecule has 13 heavy (non-hydrogen) atoms. The molecule has 0 radical (unpaired) electrons. The van der Waals surface area contributed by atoms with E-state index < -0.39 is 5.82 Å². The lowest BCUT2D eigenvalue weighted by atomic mass is 9.90. The molecule has 3 heteroatoms. The number of phenolic OH excluding ortho intramolecular Hbond substituents is 1. The number of benzene rings is 1. The topological polar surface area (TPSA) is 37.3 Å². The van der Waals surface area contributed by atoms with Gasteiger partial charge in [0.05, 0.1) is 0 Å². The lowest BCUT2D eigenvalue weighted by Crippen LogP contribution is -2.13. The summed E-state index contributed by atoms with van der Waals surface area (Å²) in [6.07, 6.45) is 1.19. The lowest BCUT2D eigenvalue weighted by molar-refractivity contribution is -0.118. The Morgan fingerprint density at radius 1 is 1.31 bits per heavy atom. The molecule has 0 spiro atoms. The van der Waals surface area contributed by atoms with Crippen molar-refractivity contribution in [3.05, 3.63) is 29.1 Å². The highest BCUT2D eigenvalue weighted by atomic mass is 19.1. The van der Waals surface area contributed by atoms with E-state index in [2.05, 4.69) is 0 Å². The average molecular weight is 180 g/mol. The molecule has 1 aromatic carbocycles. The highest BCUT2D eigenvalue weighted by Gasteiger charge is 2.20. The monoisotopic (exact) mass is 180 g/mol. The summed E-state index contributed by atoms with van der Waals surface area (Å²) in [4.78, 5) is 11.0. The zero-order valence-corrected chi connectivity index (χ0v) is 7.01. The normalized spacial score (nSPS) is 15.6.